The molecule has 0 bridgehead atoms. The van der Waals surface area contributed by atoms with E-state index in [9.17, 15) is 5.26 Å². The molecule has 0 amide bonds. The third-order valence-corrected chi connectivity index (χ3v) is 13.9. The lowest BCUT2D eigenvalue weighted by atomic mass is 10.0. The van der Waals surface area contributed by atoms with Gasteiger partial charge in [0.15, 0.2) is 0 Å². The Kier molecular flexibility index (Phi) is 8.01. The molecule has 10 aromatic carbocycles. The van der Waals surface area contributed by atoms with E-state index < -0.39 is 0 Å². The lowest BCUT2D eigenvalue weighted by molar-refractivity contribution is 0.673. The zero-order valence-corrected chi connectivity index (χ0v) is 36.4. The van der Waals surface area contributed by atoms with Crippen LogP contribution in [0.3, 0.4) is 0 Å². The van der Waals surface area contributed by atoms with Crippen LogP contribution in [0.1, 0.15) is 5.56 Å². The summed E-state index contributed by atoms with van der Waals surface area (Å²) in [5, 5.41) is 19.6. The highest BCUT2D eigenvalue weighted by molar-refractivity contribution is 6.24. The number of benzene rings is 10. The fourth-order valence-corrected chi connectivity index (χ4v) is 10.9. The van der Waals surface area contributed by atoms with E-state index in [2.05, 4.69) is 194 Å². The van der Waals surface area contributed by atoms with Crippen LogP contribution in [0, 0.1) is 17.9 Å². The number of nitriles is 1. The van der Waals surface area contributed by atoms with Crippen molar-refractivity contribution in [1.82, 2.24) is 13.7 Å². The first-order chi connectivity index (χ1) is 33.6. The number of hydrogen-bond donors (Lipinski definition) is 0. The van der Waals surface area contributed by atoms with E-state index in [1.54, 1.807) is 6.07 Å². The van der Waals surface area contributed by atoms with Gasteiger partial charge in [-0.2, -0.15) is 5.26 Å². The monoisotopic (exact) mass is 865 g/mol. The van der Waals surface area contributed by atoms with E-state index in [1.807, 2.05) is 36.4 Å². The van der Waals surface area contributed by atoms with Crippen LogP contribution in [-0.2, 0) is 0 Å². The minimum Gasteiger partial charge on any atom is -0.455 e. The molecule has 0 atom stereocenters. The fraction of sp³-hybridized carbons (Fsp3) is 0. The summed E-state index contributed by atoms with van der Waals surface area (Å²) in [5.74, 6) is 0. The zero-order valence-electron chi connectivity index (χ0n) is 36.4. The molecule has 0 radical (unpaired) electrons. The third kappa shape index (κ3) is 5.37. The van der Waals surface area contributed by atoms with Crippen molar-refractivity contribution in [1.29, 1.82) is 5.26 Å². The molecular weight excluding hydrogens is 831 g/mol. The molecule has 4 heterocycles. The number of para-hydroxylation sites is 3. The van der Waals surface area contributed by atoms with Gasteiger partial charge in [-0.25, -0.2) is 4.85 Å². The standard InChI is InChI=1S/C62H35N5O/c1-64-51-34-42(37-63)58(36-59(51)66-54-28-24-40(38-14-4-2-5-15-38)32-48(54)49-33-41(25-29-55(49)66)39-16-6-3-7-17-39)67-56-30-26-43(65-52-21-11-8-18-44(52)45-19-9-12-22-53(45)65)35-50(56)61-57(67)31-27-47-46-20-10-13-23-60(46)68-62(47)61/h2-36H. The number of rotatable bonds is 5. The van der Waals surface area contributed by atoms with Crippen LogP contribution in [0.5, 0.6) is 0 Å². The Balaban J connectivity index is 1.07. The van der Waals surface area contributed by atoms with Crippen LogP contribution in [0.25, 0.3) is 132 Å². The zero-order chi connectivity index (χ0) is 45.0. The number of furan rings is 1. The maximum Gasteiger partial charge on any atom is 0.212 e. The van der Waals surface area contributed by atoms with E-state index >= 15 is 0 Å². The molecule has 68 heavy (non-hydrogen) atoms. The first-order valence-corrected chi connectivity index (χ1v) is 22.7. The van der Waals surface area contributed by atoms with Gasteiger partial charge in [-0.3, -0.25) is 0 Å². The maximum atomic E-state index is 11.1. The number of nitrogens with zero attached hydrogens (tertiary/aromatic N) is 5. The Labute approximate surface area is 389 Å². The lowest BCUT2D eigenvalue weighted by Gasteiger charge is -2.16. The molecule has 0 N–H and O–H groups in total. The molecule has 0 aliphatic heterocycles. The molecule has 4 aromatic heterocycles. The lowest BCUT2D eigenvalue weighted by Crippen LogP contribution is -2.02. The van der Waals surface area contributed by atoms with Gasteiger partial charge in [-0.05, 0) is 107 Å². The highest BCUT2D eigenvalue weighted by Crippen LogP contribution is 2.45. The first kappa shape index (κ1) is 37.7. The van der Waals surface area contributed by atoms with Gasteiger partial charge in [0.1, 0.15) is 11.2 Å². The quantitative estimate of drug-likeness (QED) is 0.162. The molecule has 0 fully saturated rings. The molecule has 314 valence electrons. The van der Waals surface area contributed by atoms with Crippen molar-refractivity contribution in [3.8, 4) is 45.4 Å². The maximum absolute atomic E-state index is 11.1. The van der Waals surface area contributed by atoms with Gasteiger partial charge in [0.25, 0.3) is 0 Å². The van der Waals surface area contributed by atoms with Gasteiger partial charge in [0.05, 0.1) is 68.1 Å². The van der Waals surface area contributed by atoms with E-state index in [4.69, 9.17) is 11.0 Å². The molecule has 0 saturated carbocycles. The van der Waals surface area contributed by atoms with E-state index in [0.717, 1.165) is 105 Å². The van der Waals surface area contributed by atoms with Crippen LogP contribution in [0.15, 0.2) is 217 Å². The van der Waals surface area contributed by atoms with Crippen molar-refractivity contribution < 1.29 is 4.42 Å². The molecule has 0 spiro atoms. The summed E-state index contributed by atoms with van der Waals surface area (Å²) in [5.41, 5.74) is 15.2. The molecule has 14 rings (SSSR count). The second kappa shape index (κ2) is 14.4. The van der Waals surface area contributed by atoms with Crippen LogP contribution >= 0.6 is 0 Å². The van der Waals surface area contributed by atoms with E-state index in [-0.39, 0.29) is 0 Å². The number of aromatic nitrogens is 3. The SMILES string of the molecule is [C-]#[N+]c1cc(C#N)c(-n2c3ccc(-n4c5ccccc5c5ccccc54)cc3c3c4oc5ccccc5c4ccc32)cc1-n1c2ccc(-c3ccccc3)cc2c2cc(-c3ccccc3)ccc21. The summed E-state index contributed by atoms with van der Waals surface area (Å²) in [7, 11) is 0. The summed E-state index contributed by atoms with van der Waals surface area (Å²) < 4.78 is 13.6. The van der Waals surface area contributed by atoms with E-state index in [1.165, 1.54) is 10.8 Å². The summed E-state index contributed by atoms with van der Waals surface area (Å²) >= 11 is 0. The molecule has 14 aromatic rings. The van der Waals surface area contributed by atoms with Gasteiger partial charge in [-0.15, -0.1) is 0 Å². The Bertz CT molecular complexity index is 4360. The van der Waals surface area contributed by atoms with Gasteiger partial charge in [0.2, 0.25) is 5.69 Å². The van der Waals surface area contributed by atoms with Crippen molar-refractivity contribution in [3.05, 3.63) is 229 Å². The fourth-order valence-electron chi connectivity index (χ4n) is 10.9. The number of fused-ring (bicyclic) bond motifs is 13. The van der Waals surface area contributed by atoms with Crippen molar-refractivity contribution in [2.75, 3.05) is 0 Å². The first-order valence-electron chi connectivity index (χ1n) is 22.7. The molecular formula is C62H35N5O. The largest absolute Gasteiger partial charge is 0.455 e. The minimum absolute atomic E-state index is 0.387. The summed E-state index contributed by atoms with van der Waals surface area (Å²) in [4.78, 5) is 4.13. The second-order valence-corrected chi connectivity index (χ2v) is 17.5. The van der Waals surface area contributed by atoms with Gasteiger partial charge < -0.3 is 18.1 Å². The summed E-state index contributed by atoms with van der Waals surface area (Å²) in [6.07, 6.45) is 0. The Morgan fingerprint density at radius 1 is 0.397 bits per heavy atom. The molecule has 6 nitrogen and oxygen atoms in total. The van der Waals surface area contributed by atoms with Crippen LogP contribution < -0.4 is 0 Å². The van der Waals surface area contributed by atoms with Crippen LogP contribution in [0.4, 0.5) is 5.69 Å². The second-order valence-electron chi connectivity index (χ2n) is 17.5. The van der Waals surface area contributed by atoms with Crippen LogP contribution in [0.2, 0.25) is 0 Å². The van der Waals surface area contributed by atoms with Gasteiger partial charge in [0, 0.05) is 43.4 Å². The predicted molar refractivity (Wildman–Crippen MR) is 279 cm³/mol. The Morgan fingerprint density at radius 3 is 1.56 bits per heavy atom. The average molecular weight is 866 g/mol. The Hall–Kier alpha value is -9.62. The van der Waals surface area contributed by atoms with Crippen molar-refractivity contribution in [2.24, 2.45) is 0 Å². The Morgan fingerprint density at radius 2 is 0.926 bits per heavy atom. The highest BCUT2D eigenvalue weighted by Gasteiger charge is 2.25. The normalized spacial score (nSPS) is 11.8. The topological polar surface area (TPSA) is 56.1 Å². The predicted octanol–water partition coefficient (Wildman–Crippen LogP) is 16.6. The summed E-state index contributed by atoms with van der Waals surface area (Å²) in [6, 6.07) is 76.6. The summed E-state index contributed by atoms with van der Waals surface area (Å²) in [6.45, 7) is 8.61. The van der Waals surface area contributed by atoms with Crippen molar-refractivity contribution in [2.45, 2.75) is 0 Å². The van der Waals surface area contributed by atoms with Crippen LogP contribution in [-0.4, -0.2) is 13.7 Å². The van der Waals surface area contributed by atoms with Crippen molar-refractivity contribution >= 4 is 93.0 Å². The average Bonchev–Trinajstić information content (AvgIpc) is 4.14. The van der Waals surface area contributed by atoms with Crippen molar-refractivity contribution in [3.63, 3.8) is 0 Å². The van der Waals surface area contributed by atoms with Gasteiger partial charge >= 0.3 is 0 Å². The third-order valence-electron chi connectivity index (χ3n) is 13.9. The molecule has 0 saturated heterocycles. The molecule has 0 aliphatic carbocycles. The minimum atomic E-state index is 0.387. The van der Waals surface area contributed by atoms with Gasteiger partial charge in [-0.1, -0.05) is 127 Å². The molecule has 0 aliphatic rings. The van der Waals surface area contributed by atoms with E-state index in [0.29, 0.717) is 22.6 Å². The molecule has 0 unspecified atom stereocenters. The molecule has 6 heteroatoms. The highest BCUT2D eigenvalue weighted by atomic mass is 16.3. The number of hydrogen-bond acceptors (Lipinski definition) is 2. The smallest absolute Gasteiger partial charge is 0.212 e.